The number of nitrogens with zero attached hydrogens (tertiary/aromatic N) is 1. The smallest absolute Gasteiger partial charge is 0.408 e. The number of ether oxygens (including phenoxy) is 1. The Morgan fingerprint density at radius 3 is 2.28 bits per heavy atom. The zero-order valence-corrected chi connectivity index (χ0v) is 21.9. The van der Waals surface area contributed by atoms with Crippen LogP contribution in [0.15, 0.2) is 55.1 Å². The van der Waals surface area contributed by atoms with Gasteiger partial charge in [-0.25, -0.2) is 4.79 Å². The van der Waals surface area contributed by atoms with E-state index in [1.54, 1.807) is 32.9 Å². The molecule has 194 valence electrons. The molecule has 0 saturated carbocycles. The van der Waals surface area contributed by atoms with Crippen LogP contribution in [0.4, 0.5) is 10.5 Å². The van der Waals surface area contributed by atoms with E-state index in [0.717, 1.165) is 16.7 Å². The van der Waals surface area contributed by atoms with Crippen LogP contribution in [-0.4, -0.2) is 52.7 Å². The third-order valence-corrected chi connectivity index (χ3v) is 5.68. The summed E-state index contributed by atoms with van der Waals surface area (Å²) in [5.74, 6) is -1.07. The maximum atomic E-state index is 13.8. The van der Waals surface area contributed by atoms with E-state index in [1.165, 1.54) is 11.0 Å². The molecule has 0 bridgehead atoms. The summed E-state index contributed by atoms with van der Waals surface area (Å²) in [7, 11) is 0. The van der Waals surface area contributed by atoms with E-state index in [1.807, 2.05) is 51.1 Å². The van der Waals surface area contributed by atoms with Crippen LogP contribution in [0, 0.1) is 20.8 Å². The first-order valence-electron chi connectivity index (χ1n) is 11.8. The van der Waals surface area contributed by atoms with E-state index in [-0.39, 0.29) is 6.54 Å². The first kappa shape index (κ1) is 28.6. The number of carbonyl (C=O) groups is 3. The number of carbonyl (C=O) groups excluding carboxylic acids is 3. The summed E-state index contributed by atoms with van der Waals surface area (Å²) < 4.78 is 5.25. The molecule has 0 radical (unpaired) electrons. The lowest BCUT2D eigenvalue weighted by atomic mass is 9.95. The van der Waals surface area contributed by atoms with Crippen LogP contribution >= 0.6 is 0 Å². The van der Waals surface area contributed by atoms with Gasteiger partial charge in [-0.2, -0.15) is 0 Å². The number of hydrogen-bond acceptors (Lipinski definition) is 5. The fraction of sp³-hybridized carbons (Fsp3) is 0.393. The molecule has 2 rings (SSSR count). The van der Waals surface area contributed by atoms with Gasteiger partial charge in [0.1, 0.15) is 17.7 Å². The predicted octanol–water partition coefficient (Wildman–Crippen LogP) is 4.19. The van der Waals surface area contributed by atoms with Gasteiger partial charge in [0.15, 0.2) is 0 Å². The molecular weight excluding hydrogens is 458 g/mol. The topological polar surface area (TPSA) is 108 Å². The summed E-state index contributed by atoms with van der Waals surface area (Å²) in [5, 5.41) is 15.3. The maximum absolute atomic E-state index is 13.8. The van der Waals surface area contributed by atoms with Gasteiger partial charge in [-0.05, 0) is 69.9 Å². The number of aliphatic hydroxyl groups is 1. The molecule has 0 aliphatic carbocycles. The lowest BCUT2D eigenvalue weighted by Gasteiger charge is -2.34. The number of rotatable bonds is 9. The van der Waals surface area contributed by atoms with Gasteiger partial charge in [0, 0.05) is 12.2 Å². The highest BCUT2D eigenvalue weighted by Gasteiger charge is 2.36. The highest BCUT2D eigenvalue weighted by Crippen LogP contribution is 2.29. The molecule has 8 nitrogen and oxygen atoms in total. The van der Waals surface area contributed by atoms with Gasteiger partial charge in [-0.15, -0.1) is 6.58 Å². The number of alkyl carbamates (subject to hydrolysis) is 1. The summed E-state index contributed by atoms with van der Waals surface area (Å²) in [4.78, 5) is 41.1. The van der Waals surface area contributed by atoms with Crippen molar-refractivity contribution in [2.75, 3.05) is 18.5 Å². The van der Waals surface area contributed by atoms with Crippen LogP contribution in [0.3, 0.4) is 0 Å². The van der Waals surface area contributed by atoms with Gasteiger partial charge >= 0.3 is 6.09 Å². The monoisotopic (exact) mass is 495 g/mol. The zero-order valence-electron chi connectivity index (χ0n) is 21.9. The molecule has 3 N–H and O–H groups in total. The lowest BCUT2D eigenvalue weighted by molar-refractivity contribution is -0.141. The molecule has 0 aliphatic rings. The minimum Gasteiger partial charge on any atom is -0.444 e. The minimum absolute atomic E-state index is 0.00454. The molecule has 3 amide bonds. The summed E-state index contributed by atoms with van der Waals surface area (Å²) in [6.07, 6.45) is 0.653. The van der Waals surface area contributed by atoms with E-state index >= 15 is 0 Å². The molecule has 2 atom stereocenters. The number of hydrogen-bond donors (Lipinski definition) is 3. The van der Waals surface area contributed by atoms with Gasteiger partial charge in [-0.1, -0.05) is 42.5 Å². The van der Waals surface area contributed by atoms with Crippen LogP contribution in [-0.2, 0) is 14.3 Å². The van der Waals surface area contributed by atoms with Crippen molar-refractivity contribution in [1.82, 2.24) is 10.2 Å². The van der Waals surface area contributed by atoms with Crippen molar-refractivity contribution in [3.8, 4) is 0 Å². The number of benzene rings is 2. The van der Waals surface area contributed by atoms with Gasteiger partial charge in [-0.3, -0.25) is 9.59 Å². The van der Waals surface area contributed by atoms with E-state index in [2.05, 4.69) is 17.2 Å². The number of para-hydroxylation sites is 1. The van der Waals surface area contributed by atoms with Crippen molar-refractivity contribution < 1.29 is 24.2 Å². The highest BCUT2D eigenvalue weighted by molar-refractivity contribution is 5.99. The molecule has 2 aromatic carbocycles. The molecular formula is C28H37N3O5. The van der Waals surface area contributed by atoms with Gasteiger partial charge < -0.3 is 25.4 Å². The second kappa shape index (κ2) is 12.4. The molecule has 0 heterocycles. The normalized spacial score (nSPS) is 12.8. The summed E-state index contributed by atoms with van der Waals surface area (Å²) in [5.41, 5.74) is 3.14. The first-order valence-corrected chi connectivity index (χ1v) is 11.8. The second-order valence-corrected chi connectivity index (χ2v) is 9.66. The average Bonchev–Trinajstić information content (AvgIpc) is 2.79. The Bertz CT molecular complexity index is 1110. The van der Waals surface area contributed by atoms with Crippen LogP contribution in [0.1, 0.15) is 49.1 Å². The predicted molar refractivity (Wildman–Crippen MR) is 141 cm³/mol. The Morgan fingerprint density at radius 2 is 1.69 bits per heavy atom. The van der Waals surface area contributed by atoms with Gasteiger partial charge in [0.25, 0.3) is 5.91 Å². The van der Waals surface area contributed by atoms with E-state index in [9.17, 15) is 19.5 Å². The zero-order chi connectivity index (χ0) is 27.0. The molecule has 0 saturated heterocycles. The van der Waals surface area contributed by atoms with Gasteiger partial charge in [0.2, 0.25) is 5.91 Å². The standard InChI is InChI=1S/C28H37N3O5/c1-8-16-31(26(34)23(17-32)30-27(35)36-28(5,6)7)24(21-14-11-13-18(2)20(21)4)25(33)29-22-15-10-9-12-19(22)3/h8-15,23-24,32H,1,16-17H2,2-7H3,(H,29,33)(H,30,35). The van der Waals surface area contributed by atoms with Crippen LogP contribution < -0.4 is 10.6 Å². The molecule has 0 fully saturated rings. The van der Waals surface area contributed by atoms with Crippen molar-refractivity contribution >= 4 is 23.6 Å². The Hall–Kier alpha value is -3.65. The van der Waals surface area contributed by atoms with Crippen LogP contribution in [0.2, 0.25) is 0 Å². The Balaban J connectivity index is 2.52. The van der Waals surface area contributed by atoms with Gasteiger partial charge in [0.05, 0.1) is 6.61 Å². The molecule has 8 heteroatoms. The number of anilines is 1. The van der Waals surface area contributed by atoms with Crippen molar-refractivity contribution in [2.24, 2.45) is 0 Å². The SMILES string of the molecule is C=CCN(C(=O)C(CO)NC(=O)OC(C)(C)C)C(C(=O)Nc1ccccc1C)c1cccc(C)c1C. The first-order chi connectivity index (χ1) is 16.9. The fourth-order valence-electron chi connectivity index (χ4n) is 3.73. The van der Waals surface area contributed by atoms with Crippen molar-refractivity contribution in [2.45, 2.75) is 59.2 Å². The summed E-state index contributed by atoms with van der Waals surface area (Å²) in [6.45, 7) is 13.8. The summed E-state index contributed by atoms with van der Waals surface area (Å²) >= 11 is 0. The highest BCUT2D eigenvalue weighted by atomic mass is 16.6. The number of aryl methyl sites for hydroxylation is 2. The molecule has 2 unspecified atom stereocenters. The van der Waals surface area contributed by atoms with Crippen LogP contribution in [0.25, 0.3) is 0 Å². The molecule has 0 aliphatic heterocycles. The minimum atomic E-state index is -1.32. The third-order valence-electron chi connectivity index (χ3n) is 5.68. The van der Waals surface area contributed by atoms with E-state index < -0.39 is 42.2 Å². The van der Waals surface area contributed by atoms with Crippen LogP contribution in [0.5, 0.6) is 0 Å². The van der Waals surface area contributed by atoms with Crippen molar-refractivity contribution in [3.63, 3.8) is 0 Å². The molecule has 2 aromatic rings. The summed E-state index contributed by atoms with van der Waals surface area (Å²) in [6, 6.07) is 10.5. The third kappa shape index (κ3) is 7.42. The largest absolute Gasteiger partial charge is 0.444 e. The van der Waals surface area contributed by atoms with Crippen molar-refractivity contribution in [3.05, 3.63) is 77.4 Å². The fourth-order valence-corrected chi connectivity index (χ4v) is 3.73. The molecule has 0 aromatic heterocycles. The molecule has 36 heavy (non-hydrogen) atoms. The Morgan fingerprint density at radius 1 is 1.06 bits per heavy atom. The average molecular weight is 496 g/mol. The second-order valence-electron chi connectivity index (χ2n) is 9.66. The molecule has 0 spiro atoms. The lowest BCUT2D eigenvalue weighted by Crippen LogP contribution is -2.54. The van der Waals surface area contributed by atoms with E-state index in [4.69, 9.17) is 4.74 Å². The number of nitrogens with one attached hydrogen (secondary N) is 2. The van der Waals surface area contributed by atoms with Crippen molar-refractivity contribution in [1.29, 1.82) is 0 Å². The quantitative estimate of drug-likeness (QED) is 0.452. The Labute approximate surface area is 213 Å². The number of aliphatic hydroxyl groups excluding tert-OH is 1. The number of amides is 3. The Kier molecular flexibility index (Phi) is 9.81. The maximum Gasteiger partial charge on any atom is 0.408 e. The van der Waals surface area contributed by atoms with E-state index in [0.29, 0.717) is 11.3 Å².